The van der Waals surface area contributed by atoms with Gasteiger partial charge in [0.15, 0.2) is 16.7 Å². The van der Waals surface area contributed by atoms with E-state index in [-0.39, 0.29) is 22.6 Å². The first-order valence-electron chi connectivity index (χ1n) is 9.14. The van der Waals surface area contributed by atoms with Gasteiger partial charge in [-0.05, 0) is 37.0 Å². The van der Waals surface area contributed by atoms with Crippen LogP contribution < -0.4 is 20.5 Å². The Hall–Kier alpha value is -2.22. The van der Waals surface area contributed by atoms with Crippen LogP contribution >= 0.6 is 23.2 Å². The van der Waals surface area contributed by atoms with Gasteiger partial charge < -0.3 is 20.3 Å². The molecule has 0 saturated carbocycles. The number of amides is 1. The van der Waals surface area contributed by atoms with Crippen LogP contribution in [0.2, 0.25) is 10.2 Å². The summed E-state index contributed by atoms with van der Waals surface area (Å²) in [6, 6.07) is 5.52. The molecule has 1 unspecified atom stereocenters. The van der Waals surface area contributed by atoms with Gasteiger partial charge in [-0.1, -0.05) is 43.1 Å². The Morgan fingerprint density at radius 3 is 2.83 bits per heavy atom. The molecule has 0 radical (unpaired) electrons. The van der Waals surface area contributed by atoms with Gasteiger partial charge in [0.25, 0.3) is 0 Å². The van der Waals surface area contributed by atoms with Crippen LogP contribution in [0.1, 0.15) is 32.8 Å². The third kappa shape index (κ3) is 4.86. The molecule has 2 heterocycles. The van der Waals surface area contributed by atoms with E-state index in [1.807, 2.05) is 25.1 Å². The number of benzene rings is 1. The molecule has 1 amide bonds. The van der Waals surface area contributed by atoms with Crippen molar-refractivity contribution < 1.29 is 19.4 Å². The van der Waals surface area contributed by atoms with Crippen molar-refractivity contribution in [2.45, 2.75) is 39.3 Å². The second kappa shape index (κ2) is 8.26. The number of hydrogen-bond donors (Lipinski definition) is 3. The third-order valence-corrected chi connectivity index (χ3v) is 5.06. The fourth-order valence-electron chi connectivity index (χ4n) is 3.49. The molecule has 0 aliphatic carbocycles. The Kier molecular flexibility index (Phi) is 6.12. The van der Waals surface area contributed by atoms with Gasteiger partial charge in [-0.3, -0.25) is 5.32 Å². The minimum Gasteiger partial charge on any atom is -0.492 e. The van der Waals surface area contributed by atoms with Gasteiger partial charge in [0, 0.05) is 16.7 Å². The van der Waals surface area contributed by atoms with E-state index < -0.39 is 11.6 Å². The Morgan fingerprint density at radius 2 is 2.17 bits per heavy atom. The minimum atomic E-state index is -1.29. The molecule has 156 valence electrons. The molecule has 0 fully saturated rings. The Balaban J connectivity index is 1.91. The highest BCUT2D eigenvalue weighted by atomic mass is 35.5. The summed E-state index contributed by atoms with van der Waals surface area (Å²) in [7, 11) is 0. The molecule has 9 heteroatoms. The molecule has 7 nitrogen and oxygen atoms in total. The molecule has 3 rings (SSSR count). The molecular weight excluding hydrogens is 417 g/mol. The highest BCUT2D eigenvalue weighted by Crippen LogP contribution is 2.48. The first-order valence-corrected chi connectivity index (χ1v) is 9.89. The van der Waals surface area contributed by atoms with Gasteiger partial charge in [-0.25, -0.2) is 9.78 Å². The maximum absolute atomic E-state index is 11.0. The van der Waals surface area contributed by atoms with Crippen LogP contribution in [0, 0.1) is 5.92 Å². The van der Waals surface area contributed by atoms with Gasteiger partial charge in [-0.2, -0.15) is 0 Å². The SMILES string of the molecule is CC(C)CC(C)(N)COc1ccc2c(c1)COc1c(Cl)nc(NC(=O)O)c(Cl)c1-2. The lowest BCUT2D eigenvalue weighted by Crippen LogP contribution is -2.43. The third-order valence-electron chi connectivity index (χ3n) is 4.44. The summed E-state index contributed by atoms with van der Waals surface area (Å²) >= 11 is 12.6. The van der Waals surface area contributed by atoms with Crippen LogP contribution in [0.15, 0.2) is 18.2 Å². The zero-order valence-electron chi connectivity index (χ0n) is 16.4. The summed E-state index contributed by atoms with van der Waals surface area (Å²) in [5.74, 6) is 1.40. The molecule has 4 N–H and O–H groups in total. The van der Waals surface area contributed by atoms with E-state index in [2.05, 4.69) is 24.1 Å². The van der Waals surface area contributed by atoms with Crippen LogP contribution in [0.3, 0.4) is 0 Å². The number of pyridine rings is 1. The standard InChI is InChI=1S/C20H23Cl2N3O4/c1-10(2)7-20(3,23)9-29-12-4-5-13-11(6-12)8-28-16-14(13)15(21)18(24-17(16)22)25-19(26)27/h4-6,10H,7-9,23H2,1-3H3,(H,24,25)(H,26,27). The number of rotatable bonds is 6. The highest BCUT2D eigenvalue weighted by molar-refractivity contribution is 6.38. The van der Waals surface area contributed by atoms with Crippen LogP contribution in [0.25, 0.3) is 11.1 Å². The molecule has 0 bridgehead atoms. The summed E-state index contributed by atoms with van der Waals surface area (Å²) in [5.41, 5.74) is 7.98. The molecule has 1 aromatic heterocycles. The van der Waals surface area contributed by atoms with Gasteiger partial charge >= 0.3 is 6.09 Å². The molecule has 1 aliphatic heterocycles. The van der Waals surface area contributed by atoms with Crippen molar-refractivity contribution in [3.05, 3.63) is 33.9 Å². The second-order valence-corrected chi connectivity index (χ2v) is 8.58. The van der Waals surface area contributed by atoms with Crippen molar-refractivity contribution in [2.75, 3.05) is 11.9 Å². The second-order valence-electron chi connectivity index (χ2n) is 7.85. The number of ether oxygens (including phenoxy) is 2. The van der Waals surface area contributed by atoms with E-state index in [9.17, 15) is 4.79 Å². The molecule has 2 aromatic rings. The lowest BCUT2D eigenvalue weighted by atomic mass is 9.93. The Bertz CT molecular complexity index is 948. The summed E-state index contributed by atoms with van der Waals surface area (Å²) < 4.78 is 11.7. The monoisotopic (exact) mass is 439 g/mol. The summed E-state index contributed by atoms with van der Waals surface area (Å²) in [4.78, 5) is 15.0. The van der Waals surface area contributed by atoms with E-state index >= 15 is 0 Å². The van der Waals surface area contributed by atoms with E-state index in [0.717, 1.165) is 17.5 Å². The van der Waals surface area contributed by atoms with Gasteiger partial charge in [-0.15, -0.1) is 0 Å². The van der Waals surface area contributed by atoms with E-state index in [0.29, 0.717) is 29.6 Å². The summed E-state index contributed by atoms with van der Waals surface area (Å²) in [5, 5.41) is 11.3. The number of carboxylic acid groups (broad SMARTS) is 1. The summed E-state index contributed by atoms with van der Waals surface area (Å²) in [6.45, 7) is 6.85. The molecule has 1 aromatic carbocycles. The highest BCUT2D eigenvalue weighted by Gasteiger charge is 2.27. The molecular formula is C20H23Cl2N3O4. The number of nitrogens with zero attached hydrogens (tertiary/aromatic N) is 1. The van der Waals surface area contributed by atoms with Gasteiger partial charge in [0.2, 0.25) is 0 Å². The van der Waals surface area contributed by atoms with E-state index in [4.69, 9.17) is 43.5 Å². The quantitative estimate of drug-likeness (QED) is 0.535. The Labute approximate surface area is 179 Å². The first kappa shape index (κ1) is 21.5. The van der Waals surface area contributed by atoms with Gasteiger partial charge in [0.05, 0.1) is 5.02 Å². The van der Waals surface area contributed by atoms with Crippen LogP contribution in [-0.2, 0) is 6.61 Å². The molecule has 0 saturated heterocycles. The number of fused-ring (bicyclic) bond motifs is 3. The average molecular weight is 440 g/mol. The zero-order valence-corrected chi connectivity index (χ0v) is 17.9. The van der Waals surface area contributed by atoms with Crippen molar-refractivity contribution in [3.8, 4) is 22.6 Å². The lowest BCUT2D eigenvalue weighted by molar-refractivity contribution is 0.206. The number of aromatic nitrogens is 1. The largest absolute Gasteiger partial charge is 0.492 e. The number of carbonyl (C=O) groups is 1. The number of hydrogen-bond acceptors (Lipinski definition) is 5. The van der Waals surface area contributed by atoms with Crippen molar-refractivity contribution >= 4 is 35.1 Å². The van der Waals surface area contributed by atoms with Crippen molar-refractivity contribution in [1.82, 2.24) is 4.98 Å². The number of halogens is 2. The number of nitrogens with two attached hydrogens (primary N) is 1. The lowest BCUT2D eigenvalue weighted by Gasteiger charge is -2.27. The van der Waals surface area contributed by atoms with E-state index in [1.165, 1.54) is 0 Å². The Morgan fingerprint density at radius 1 is 1.45 bits per heavy atom. The molecule has 1 aliphatic rings. The molecule has 1 atom stereocenters. The van der Waals surface area contributed by atoms with E-state index in [1.54, 1.807) is 0 Å². The predicted molar refractivity (Wildman–Crippen MR) is 113 cm³/mol. The zero-order chi connectivity index (χ0) is 21.3. The van der Waals surface area contributed by atoms with Crippen LogP contribution in [0.5, 0.6) is 11.5 Å². The fraction of sp³-hybridized carbons (Fsp3) is 0.400. The van der Waals surface area contributed by atoms with Crippen molar-refractivity contribution in [3.63, 3.8) is 0 Å². The van der Waals surface area contributed by atoms with Gasteiger partial charge in [0.1, 0.15) is 19.0 Å². The molecule has 0 spiro atoms. The van der Waals surface area contributed by atoms with Crippen LogP contribution in [0.4, 0.5) is 10.6 Å². The maximum atomic E-state index is 11.0. The predicted octanol–water partition coefficient (Wildman–Crippen LogP) is 5.18. The minimum absolute atomic E-state index is 0.0340. The maximum Gasteiger partial charge on any atom is 0.410 e. The molecule has 29 heavy (non-hydrogen) atoms. The normalized spacial score (nSPS) is 14.4. The van der Waals surface area contributed by atoms with Crippen LogP contribution in [-0.4, -0.2) is 28.3 Å². The topological polar surface area (TPSA) is 107 Å². The van der Waals surface area contributed by atoms with Crippen molar-refractivity contribution in [2.24, 2.45) is 11.7 Å². The average Bonchev–Trinajstić information content (AvgIpc) is 2.62. The van der Waals surface area contributed by atoms with Crippen molar-refractivity contribution in [1.29, 1.82) is 0 Å². The fourth-order valence-corrected chi connectivity index (χ4v) is 4.00. The smallest absolute Gasteiger partial charge is 0.410 e. The number of nitrogens with one attached hydrogen (secondary N) is 1. The first-order chi connectivity index (χ1) is 13.6. The summed E-state index contributed by atoms with van der Waals surface area (Å²) in [6.07, 6.45) is -0.447. The number of anilines is 1.